The molecular weight excluding hydrogens is 447 g/mol. The number of rotatable bonds is 6. The summed E-state index contributed by atoms with van der Waals surface area (Å²) < 4.78 is 33.4. The molecular formula is C24H21FN2O7. The van der Waals surface area contributed by atoms with Crippen LogP contribution in [-0.2, 0) is 14.2 Å². The fourth-order valence-corrected chi connectivity index (χ4v) is 3.71. The van der Waals surface area contributed by atoms with Crippen LogP contribution < -0.4 is 11.2 Å². The molecule has 4 rings (SSSR count). The van der Waals surface area contributed by atoms with E-state index in [0.29, 0.717) is 0 Å². The van der Waals surface area contributed by atoms with Gasteiger partial charge in [-0.05, 0) is 31.2 Å². The average molecular weight is 468 g/mol. The summed E-state index contributed by atoms with van der Waals surface area (Å²) in [7, 11) is 0. The second kappa shape index (κ2) is 9.44. The van der Waals surface area contributed by atoms with Gasteiger partial charge in [0.1, 0.15) is 12.7 Å². The Bertz CT molecular complexity index is 1290. The predicted molar refractivity (Wildman–Crippen MR) is 117 cm³/mol. The molecule has 1 aliphatic rings. The van der Waals surface area contributed by atoms with Gasteiger partial charge in [0, 0.05) is 12.3 Å². The Hall–Kier alpha value is -4.05. The summed E-state index contributed by atoms with van der Waals surface area (Å²) in [4.78, 5) is 50.8. The number of aromatic amines is 1. The van der Waals surface area contributed by atoms with Crippen LogP contribution in [0.4, 0.5) is 4.39 Å². The van der Waals surface area contributed by atoms with Crippen molar-refractivity contribution in [2.75, 3.05) is 6.61 Å². The summed E-state index contributed by atoms with van der Waals surface area (Å²) in [6.45, 7) is 0.658. The molecule has 10 heteroatoms. The van der Waals surface area contributed by atoms with Gasteiger partial charge in [-0.1, -0.05) is 36.4 Å². The van der Waals surface area contributed by atoms with Crippen molar-refractivity contribution < 1.29 is 28.2 Å². The van der Waals surface area contributed by atoms with Crippen molar-refractivity contribution in [2.24, 2.45) is 0 Å². The highest BCUT2D eigenvalue weighted by atomic mass is 19.1. The fraction of sp³-hybridized carbons (Fsp3) is 0.250. The molecule has 4 unspecified atom stereocenters. The number of carbonyl (C=O) groups is 2. The number of aromatic nitrogens is 2. The molecule has 0 bridgehead atoms. The molecule has 1 N–H and O–H groups in total. The van der Waals surface area contributed by atoms with E-state index in [4.69, 9.17) is 14.2 Å². The topological polar surface area (TPSA) is 117 Å². The fourth-order valence-electron chi connectivity index (χ4n) is 3.71. The molecule has 2 heterocycles. The normalized spacial score (nSPS) is 23.9. The first-order valence-electron chi connectivity index (χ1n) is 10.4. The van der Waals surface area contributed by atoms with Crippen molar-refractivity contribution in [1.29, 1.82) is 0 Å². The Balaban J connectivity index is 1.62. The maximum atomic E-state index is 16.1. The summed E-state index contributed by atoms with van der Waals surface area (Å²) in [5.41, 5.74) is -3.54. The van der Waals surface area contributed by atoms with Crippen LogP contribution >= 0.6 is 0 Å². The lowest BCUT2D eigenvalue weighted by Gasteiger charge is -2.27. The molecule has 176 valence electrons. The van der Waals surface area contributed by atoms with E-state index in [1.807, 2.05) is 4.98 Å². The van der Waals surface area contributed by atoms with Crippen LogP contribution in [0.1, 0.15) is 33.9 Å². The number of hydrogen-bond acceptors (Lipinski definition) is 7. The van der Waals surface area contributed by atoms with Gasteiger partial charge in [-0.15, -0.1) is 0 Å². The van der Waals surface area contributed by atoms with Crippen LogP contribution in [0.5, 0.6) is 0 Å². The van der Waals surface area contributed by atoms with Gasteiger partial charge in [-0.3, -0.25) is 14.3 Å². The summed E-state index contributed by atoms with van der Waals surface area (Å²) in [5.74, 6) is -1.49. The SMILES string of the molecule is CC1(F)C(OC(=O)c2ccccc2)C(COC(=O)c2ccccc2)OC1n1ccc(=O)[nH]c1=O. The van der Waals surface area contributed by atoms with Crippen LogP contribution in [0.2, 0.25) is 0 Å². The lowest BCUT2D eigenvalue weighted by molar-refractivity contribution is -0.0649. The largest absolute Gasteiger partial charge is 0.459 e. The molecule has 0 spiro atoms. The smallest absolute Gasteiger partial charge is 0.338 e. The van der Waals surface area contributed by atoms with Crippen molar-refractivity contribution in [1.82, 2.24) is 9.55 Å². The summed E-state index contributed by atoms with van der Waals surface area (Å²) in [5, 5.41) is 0. The van der Waals surface area contributed by atoms with E-state index >= 15 is 4.39 Å². The number of halogens is 1. The Morgan fingerprint density at radius 1 is 1.00 bits per heavy atom. The third-order valence-corrected chi connectivity index (χ3v) is 5.42. The lowest BCUT2D eigenvalue weighted by atomic mass is 9.98. The molecule has 34 heavy (non-hydrogen) atoms. The maximum absolute atomic E-state index is 16.1. The van der Waals surface area contributed by atoms with E-state index in [9.17, 15) is 19.2 Å². The van der Waals surface area contributed by atoms with E-state index in [0.717, 1.165) is 23.8 Å². The molecule has 1 fully saturated rings. The third-order valence-electron chi connectivity index (χ3n) is 5.42. The van der Waals surface area contributed by atoms with Gasteiger partial charge < -0.3 is 14.2 Å². The molecule has 0 amide bonds. The van der Waals surface area contributed by atoms with Gasteiger partial charge in [-0.2, -0.15) is 0 Å². The van der Waals surface area contributed by atoms with Crippen molar-refractivity contribution in [2.45, 2.75) is 31.0 Å². The first-order chi connectivity index (χ1) is 16.3. The first-order valence-corrected chi connectivity index (χ1v) is 10.4. The number of H-pyrrole nitrogens is 1. The number of nitrogens with zero attached hydrogens (tertiary/aromatic N) is 1. The number of benzene rings is 2. The van der Waals surface area contributed by atoms with Crippen molar-refractivity contribution in [3.05, 3.63) is 105 Å². The zero-order valence-electron chi connectivity index (χ0n) is 18.1. The second-order valence-corrected chi connectivity index (χ2v) is 7.85. The Kier molecular flexibility index (Phi) is 6.42. The van der Waals surface area contributed by atoms with Crippen molar-refractivity contribution in [3.8, 4) is 0 Å². The molecule has 1 aliphatic heterocycles. The predicted octanol–water partition coefficient (Wildman–Crippen LogP) is 2.24. The molecule has 1 aromatic heterocycles. The quantitative estimate of drug-likeness (QED) is 0.552. The number of alkyl halides is 1. The number of esters is 2. The Morgan fingerprint density at radius 3 is 2.18 bits per heavy atom. The summed E-state index contributed by atoms with van der Waals surface area (Å²) in [6.07, 6.45) is -3.25. The van der Waals surface area contributed by atoms with Gasteiger partial charge in [0.05, 0.1) is 11.1 Å². The van der Waals surface area contributed by atoms with Crippen LogP contribution in [0.3, 0.4) is 0 Å². The Morgan fingerprint density at radius 2 is 1.59 bits per heavy atom. The highest BCUT2D eigenvalue weighted by Crippen LogP contribution is 2.42. The van der Waals surface area contributed by atoms with Crippen LogP contribution in [0.15, 0.2) is 82.5 Å². The van der Waals surface area contributed by atoms with E-state index in [1.54, 1.807) is 48.5 Å². The highest BCUT2D eigenvalue weighted by molar-refractivity contribution is 5.90. The highest BCUT2D eigenvalue weighted by Gasteiger charge is 2.58. The summed E-state index contributed by atoms with van der Waals surface area (Å²) in [6, 6.07) is 17.1. The van der Waals surface area contributed by atoms with E-state index < -0.39 is 53.9 Å². The van der Waals surface area contributed by atoms with Gasteiger partial charge in [0.2, 0.25) is 0 Å². The zero-order chi connectivity index (χ0) is 24.3. The van der Waals surface area contributed by atoms with Crippen molar-refractivity contribution >= 4 is 11.9 Å². The number of hydrogen-bond donors (Lipinski definition) is 1. The van der Waals surface area contributed by atoms with E-state index in [2.05, 4.69) is 0 Å². The van der Waals surface area contributed by atoms with Crippen molar-refractivity contribution in [3.63, 3.8) is 0 Å². The second-order valence-electron chi connectivity index (χ2n) is 7.85. The molecule has 3 aromatic rings. The van der Waals surface area contributed by atoms with E-state index in [1.165, 1.54) is 12.1 Å². The standard InChI is InChI=1S/C24H21FN2O7/c1-24(25)19(34-21(30)16-10-6-3-7-11-16)17(14-32-20(29)15-8-4-2-5-9-15)33-22(24)27-13-12-18(28)26-23(27)31/h2-13,17,19,22H,14H2,1H3,(H,26,28,31). The minimum atomic E-state index is -2.42. The van der Waals surface area contributed by atoms with Gasteiger partial charge >= 0.3 is 17.6 Å². The third kappa shape index (κ3) is 4.67. The molecule has 2 aromatic carbocycles. The van der Waals surface area contributed by atoms with E-state index in [-0.39, 0.29) is 11.1 Å². The van der Waals surface area contributed by atoms with Crippen LogP contribution in [0.25, 0.3) is 0 Å². The number of carbonyl (C=O) groups excluding carboxylic acids is 2. The van der Waals surface area contributed by atoms with Gasteiger partial charge in [0.15, 0.2) is 18.0 Å². The van der Waals surface area contributed by atoms with Gasteiger partial charge in [-0.25, -0.2) is 18.8 Å². The van der Waals surface area contributed by atoms with Gasteiger partial charge in [0.25, 0.3) is 5.56 Å². The number of nitrogens with one attached hydrogen (secondary N) is 1. The Labute approximate surface area is 192 Å². The lowest BCUT2D eigenvalue weighted by Crippen LogP contribution is -2.46. The molecule has 0 saturated carbocycles. The summed E-state index contributed by atoms with van der Waals surface area (Å²) >= 11 is 0. The zero-order valence-corrected chi connectivity index (χ0v) is 18.1. The minimum absolute atomic E-state index is 0.183. The molecule has 0 aliphatic carbocycles. The maximum Gasteiger partial charge on any atom is 0.338 e. The molecule has 4 atom stereocenters. The van der Waals surface area contributed by atoms with Crippen LogP contribution in [0, 0.1) is 0 Å². The molecule has 0 radical (unpaired) electrons. The average Bonchev–Trinajstić information content (AvgIpc) is 3.08. The molecule has 1 saturated heterocycles. The number of ether oxygens (including phenoxy) is 3. The monoisotopic (exact) mass is 468 g/mol. The minimum Gasteiger partial charge on any atom is -0.459 e. The molecule has 9 nitrogen and oxygen atoms in total. The first kappa shape index (κ1) is 23.1. The van der Waals surface area contributed by atoms with Crippen LogP contribution in [-0.4, -0.2) is 46.0 Å².